The first kappa shape index (κ1) is 13.3. The maximum Gasteiger partial charge on any atom is 0.433 e. The van der Waals surface area contributed by atoms with Gasteiger partial charge in [0.1, 0.15) is 11.4 Å². The minimum absolute atomic E-state index is 0.135. The number of carboxylic acids is 1. The predicted octanol–water partition coefficient (Wildman–Crippen LogP) is 2.88. The molecule has 0 atom stereocenters. The average molecular weight is 259 g/mol. The highest BCUT2D eigenvalue weighted by Crippen LogP contribution is 2.32. The number of nitrogens with zero attached hydrogens (tertiary/aromatic N) is 1. The highest BCUT2D eigenvalue weighted by atomic mass is 19.4. The lowest BCUT2D eigenvalue weighted by Gasteiger charge is -2.10. The van der Waals surface area contributed by atoms with E-state index in [9.17, 15) is 31.1 Å². The summed E-state index contributed by atoms with van der Waals surface area (Å²) < 4.78 is 74.0. The van der Waals surface area contributed by atoms with Gasteiger partial charge in [-0.25, -0.2) is 22.9 Å². The summed E-state index contributed by atoms with van der Waals surface area (Å²) in [5.74, 6) is -4.06. The molecule has 0 aliphatic heterocycles. The number of aromatic carboxylic acids is 1. The zero-order valence-electron chi connectivity index (χ0n) is 7.73. The number of pyridine rings is 1. The molecule has 0 aliphatic rings. The Hall–Kier alpha value is -1.80. The van der Waals surface area contributed by atoms with Gasteiger partial charge in [-0.15, -0.1) is 0 Å². The molecule has 0 fully saturated rings. The van der Waals surface area contributed by atoms with Crippen LogP contribution in [0.25, 0.3) is 0 Å². The van der Waals surface area contributed by atoms with Gasteiger partial charge in [-0.1, -0.05) is 0 Å². The SMILES string of the molecule is O=C(O)c1cc(C(F)(F)F)nc(C(F)F)c1F. The van der Waals surface area contributed by atoms with Crippen molar-refractivity contribution in [3.05, 3.63) is 28.8 Å². The molecule has 1 aromatic heterocycles. The predicted molar refractivity (Wildman–Crippen MR) is 41.1 cm³/mol. The Balaban J connectivity index is 3.53. The van der Waals surface area contributed by atoms with E-state index in [-0.39, 0.29) is 6.07 Å². The molecule has 1 heterocycles. The van der Waals surface area contributed by atoms with Crippen LogP contribution < -0.4 is 0 Å². The lowest BCUT2D eigenvalue weighted by atomic mass is 10.1. The van der Waals surface area contributed by atoms with Crippen LogP contribution in [0.4, 0.5) is 26.3 Å². The molecule has 17 heavy (non-hydrogen) atoms. The van der Waals surface area contributed by atoms with Crippen LogP contribution in [-0.2, 0) is 6.18 Å². The lowest BCUT2D eigenvalue weighted by Crippen LogP contribution is -2.15. The molecule has 94 valence electrons. The summed E-state index contributed by atoms with van der Waals surface area (Å²) in [7, 11) is 0. The minimum atomic E-state index is -5.14. The number of carbonyl (C=O) groups is 1. The van der Waals surface area contributed by atoms with Gasteiger partial charge < -0.3 is 5.11 Å². The summed E-state index contributed by atoms with van der Waals surface area (Å²) in [6.45, 7) is 0. The maximum absolute atomic E-state index is 13.1. The Morgan fingerprint density at radius 1 is 1.35 bits per heavy atom. The fourth-order valence-electron chi connectivity index (χ4n) is 0.995. The van der Waals surface area contributed by atoms with Crippen molar-refractivity contribution < 1.29 is 36.2 Å². The normalized spacial score (nSPS) is 11.9. The number of alkyl halides is 5. The smallest absolute Gasteiger partial charge is 0.433 e. The summed E-state index contributed by atoms with van der Waals surface area (Å²) in [4.78, 5) is 12.8. The summed E-state index contributed by atoms with van der Waals surface area (Å²) in [6.07, 6.45) is -8.78. The van der Waals surface area contributed by atoms with E-state index in [0.717, 1.165) is 0 Å². The molecule has 0 saturated carbocycles. The van der Waals surface area contributed by atoms with Crippen molar-refractivity contribution in [3.8, 4) is 0 Å². The van der Waals surface area contributed by atoms with Crippen molar-refractivity contribution in [2.45, 2.75) is 12.6 Å². The number of halogens is 6. The third kappa shape index (κ3) is 2.66. The molecule has 1 N–H and O–H groups in total. The molecule has 1 aromatic rings. The quantitative estimate of drug-likeness (QED) is 0.831. The number of hydrogen-bond acceptors (Lipinski definition) is 2. The van der Waals surface area contributed by atoms with E-state index in [1.165, 1.54) is 0 Å². The van der Waals surface area contributed by atoms with Gasteiger partial charge in [0.15, 0.2) is 5.82 Å². The van der Waals surface area contributed by atoms with Crippen molar-refractivity contribution in [1.82, 2.24) is 4.98 Å². The maximum atomic E-state index is 13.1. The summed E-state index contributed by atoms with van der Waals surface area (Å²) in [5, 5.41) is 8.38. The monoisotopic (exact) mass is 259 g/mol. The number of carboxylic acid groups (broad SMARTS) is 1. The summed E-state index contributed by atoms with van der Waals surface area (Å²) in [6, 6.07) is -0.135. The van der Waals surface area contributed by atoms with E-state index in [1.54, 1.807) is 0 Å². The lowest BCUT2D eigenvalue weighted by molar-refractivity contribution is -0.141. The Morgan fingerprint density at radius 2 is 1.88 bits per heavy atom. The molecule has 0 aliphatic carbocycles. The fourth-order valence-corrected chi connectivity index (χ4v) is 0.995. The van der Waals surface area contributed by atoms with E-state index < -0.39 is 41.3 Å². The van der Waals surface area contributed by atoms with Gasteiger partial charge in [0.05, 0.1) is 5.56 Å². The van der Waals surface area contributed by atoms with E-state index in [1.807, 2.05) is 0 Å². The second-order valence-corrected chi connectivity index (χ2v) is 2.86. The third-order valence-corrected chi connectivity index (χ3v) is 1.71. The molecule has 0 saturated heterocycles. The van der Waals surface area contributed by atoms with Crippen molar-refractivity contribution in [2.24, 2.45) is 0 Å². The van der Waals surface area contributed by atoms with E-state index in [0.29, 0.717) is 0 Å². The van der Waals surface area contributed by atoms with Crippen LogP contribution in [-0.4, -0.2) is 16.1 Å². The second-order valence-electron chi connectivity index (χ2n) is 2.86. The molecule has 0 radical (unpaired) electrons. The van der Waals surface area contributed by atoms with Crippen LogP contribution in [0.5, 0.6) is 0 Å². The van der Waals surface area contributed by atoms with Crippen LogP contribution in [0.2, 0.25) is 0 Å². The highest BCUT2D eigenvalue weighted by Gasteiger charge is 2.36. The van der Waals surface area contributed by atoms with Crippen molar-refractivity contribution >= 4 is 5.97 Å². The molecule has 0 spiro atoms. The zero-order valence-corrected chi connectivity index (χ0v) is 7.73. The molecule has 0 unspecified atom stereocenters. The van der Waals surface area contributed by atoms with E-state index in [2.05, 4.69) is 4.98 Å². The van der Waals surface area contributed by atoms with Gasteiger partial charge in [0.25, 0.3) is 6.43 Å². The van der Waals surface area contributed by atoms with Gasteiger partial charge >= 0.3 is 12.1 Å². The number of hydrogen-bond donors (Lipinski definition) is 1. The topological polar surface area (TPSA) is 50.2 Å². The number of rotatable bonds is 2. The van der Waals surface area contributed by atoms with Gasteiger partial charge in [0.2, 0.25) is 0 Å². The molecular formula is C8H3F6NO2. The minimum Gasteiger partial charge on any atom is -0.478 e. The Labute approximate surface area is 89.7 Å². The summed E-state index contributed by atoms with van der Waals surface area (Å²) in [5.41, 5.74) is -5.22. The molecular weight excluding hydrogens is 256 g/mol. The van der Waals surface area contributed by atoms with Crippen molar-refractivity contribution in [2.75, 3.05) is 0 Å². The molecule has 3 nitrogen and oxygen atoms in total. The first-order chi connectivity index (χ1) is 7.64. The Kier molecular flexibility index (Phi) is 3.30. The van der Waals surface area contributed by atoms with Gasteiger partial charge in [-0.2, -0.15) is 13.2 Å². The third-order valence-electron chi connectivity index (χ3n) is 1.71. The van der Waals surface area contributed by atoms with Crippen LogP contribution in [0.15, 0.2) is 6.07 Å². The van der Waals surface area contributed by atoms with Crippen molar-refractivity contribution in [3.63, 3.8) is 0 Å². The van der Waals surface area contributed by atoms with Gasteiger partial charge in [0, 0.05) is 0 Å². The Morgan fingerprint density at radius 3 is 2.24 bits per heavy atom. The fraction of sp³-hybridized carbons (Fsp3) is 0.250. The summed E-state index contributed by atoms with van der Waals surface area (Å²) >= 11 is 0. The molecule has 0 bridgehead atoms. The molecule has 0 aromatic carbocycles. The first-order valence-corrected chi connectivity index (χ1v) is 3.93. The van der Waals surface area contributed by atoms with Crippen LogP contribution in [0.1, 0.15) is 28.2 Å². The average Bonchev–Trinajstić information content (AvgIpc) is 2.14. The van der Waals surface area contributed by atoms with Crippen LogP contribution in [0.3, 0.4) is 0 Å². The van der Waals surface area contributed by atoms with Crippen LogP contribution in [0, 0.1) is 5.82 Å². The largest absolute Gasteiger partial charge is 0.478 e. The second kappa shape index (κ2) is 4.22. The standard InChI is InChI=1S/C8H3F6NO2/c9-4-2(7(16)17)1-3(8(12,13)14)15-5(4)6(10)11/h1,6H,(H,16,17). The van der Waals surface area contributed by atoms with Gasteiger partial charge in [-0.05, 0) is 6.07 Å². The number of aromatic nitrogens is 1. The Bertz CT molecular complexity index is 456. The highest BCUT2D eigenvalue weighted by molar-refractivity contribution is 5.88. The first-order valence-electron chi connectivity index (χ1n) is 3.93. The van der Waals surface area contributed by atoms with Crippen molar-refractivity contribution in [1.29, 1.82) is 0 Å². The zero-order chi connectivity index (χ0) is 13.4. The van der Waals surface area contributed by atoms with Gasteiger partial charge in [-0.3, -0.25) is 0 Å². The molecule has 9 heteroatoms. The molecule has 0 amide bonds. The van der Waals surface area contributed by atoms with Crippen LogP contribution >= 0.6 is 0 Å². The molecule has 1 rings (SSSR count). The van der Waals surface area contributed by atoms with E-state index in [4.69, 9.17) is 5.11 Å². The van der Waals surface area contributed by atoms with E-state index >= 15 is 0 Å².